The molecule has 3 aromatic rings. The molecule has 0 aliphatic heterocycles. The van der Waals surface area contributed by atoms with Crippen LogP contribution in [-0.4, -0.2) is 15.0 Å². The molecule has 4 nitrogen and oxygen atoms in total. The second kappa shape index (κ2) is 9.76. The van der Waals surface area contributed by atoms with Crippen molar-refractivity contribution in [1.82, 2.24) is 0 Å². The number of nitrogens with one attached hydrogen (secondary N) is 1. The van der Waals surface area contributed by atoms with Gasteiger partial charge in [0.2, 0.25) is 0 Å². The van der Waals surface area contributed by atoms with Crippen LogP contribution in [-0.2, 0) is 10.0 Å². The Hall–Kier alpha value is -3.05. The summed E-state index contributed by atoms with van der Waals surface area (Å²) in [5.74, 6) is 0.880. The first-order chi connectivity index (χ1) is 13.6. The number of hydrogen-bond acceptors (Lipinski definition) is 3. The van der Waals surface area contributed by atoms with E-state index in [1.807, 2.05) is 54.6 Å². The zero-order valence-corrected chi connectivity index (χ0v) is 16.3. The normalized spacial score (nSPS) is 11.4. The van der Waals surface area contributed by atoms with E-state index < -0.39 is 10.0 Å². The van der Waals surface area contributed by atoms with Gasteiger partial charge in [-0.25, -0.2) is 8.42 Å². The number of ether oxygens (including phenoxy) is 1. The number of sulfonamides is 1. The molecule has 0 amide bonds. The number of anilines is 1. The summed E-state index contributed by atoms with van der Waals surface area (Å²) >= 11 is 0. The van der Waals surface area contributed by atoms with E-state index in [0.29, 0.717) is 12.3 Å². The van der Waals surface area contributed by atoms with Crippen LogP contribution >= 0.6 is 0 Å². The number of allylic oxidation sites excluding steroid dienone is 1. The molecule has 0 saturated carbocycles. The van der Waals surface area contributed by atoms with Crippen LogP contribution in [0.1, 0.15) is 18.4 Å². The molecule has 0 heterocycles. The van der Waals surface area contributed by atoms with Gasteiger partial charge in [0.1, 0.15) is 5.75 Å². The quantitative estimate of drug-likeness (QED) is 0.498. The maximum atomic E-state index is 12.4. The Morgan fingerprint density at radius 2 is 1.57 bits per heavy atom. The van der Waals surface area contributed by atoms with Crippen molar-refractivity contribution in [3.05, 3.63) is 96.6 Å². The fraction of sp³-hybridized carbons (Fsp3) is 0.130. The van der Waals surface area contributed by atoms with Gasteiger partial charge < -0.3 is 4.74 Å². The van der Waals surface area contributed by atoms with Crippen molar-refractivity contribution in [2.75, 3.05) is 11.3 Å². The van der Waals surface area contributed by atoms with Gasteiger partial charge in [0.05, 0.1) is 11.5 Å². The standard InChI is InChI=1S/C23H23NO3S/c25-28(26,23-16-7-2-8-17-23)24-21-13-10-12-20(19-21)11-4-3-9-18-27-22-14-5-1-6-15-22/h1-2,4-8,10-17,19,24H,3,9,18H2/b11-4-. The van der Waals surface area contributed by atoms with E-state index in [2.05, 4.69) is 10.8 Å². The predicted molar refractivity (Wildman–Crippen MR) is 114 cm³/mol. The number of benzene rings is 3. The minimum atomic E-state index is -3.58. The van der Waals surface area contributed by atoms with Gasteiger partial charge in [0.25, 0.3) is 10.0 Å². The van der Waals surface area contributed by atoms with Crippen LogP contribution in [0.5, 0.6) is 5.75 Å². The van der Waals surface area contributed by atoms with Crippen LogP contribution in [0.25, 0.3) is 6.08 Å². The molecule has 0 atom stereocenters. The lowest BCUT2D eigenvalue weighted by Crippen LogP contribution is -2.12. The Bertz CT molecular complexity index is 1000. The average Bonchev–Trinajstić information content (AvgIpc) is 2.72. The van der Waals surface area contributed by atoms with Crippen molar-refractivity contribution >= 4 is 21.8 Å². The molecule has 0 saturated heterocycles. The smallest absolute Gasteiger partial charge is 0.261 e. The van der Waals surface area contributed by atoms with E-state index >= 15 is 0 Å². The molecular formula is C23H23NO3S. The summed E-state index contributed by atoms with van der Waals surface area (Å²) < 4.78 is 33.1. The van der Waals surface area contributed by atoms with Gasteiger partial charge in [-0.15, -0.1) is 0 Å². The molecule has 3 aromatic carbocycles. The van der Waals surface area contributed by atoms with Crippen LogP contribution in [0.15, 0.2) is 95.9 Å². The highest BCUT2D eigenvalue weighted by atomic mass is 32.2. The summed E-state index contributed by atoms with van der Waals surface area (Å²) in [6.45, 7) is 0.658. The summed E-state index contributed by atoms with van der Waals surface area (Å²) in [5.41, 5.74) is 1.48. The topological polar surface area (TPSA) is 55.4 Å². The lowest BCUT2D eigenvalue weighted by Gasteiger charge is -2.08. The molecular weight excluding hydrogens is 370 g/mol. The molecule has 0 fully saturated rings. The first-order valence-corrected chi connectivity index (χ1v) is 10.6. The van der Waals surface area contributed by atoms with Gasteiger partial charge in [0.15, 0.2) is 0 Å². The molecule has 144 valence electrons. The maximum Gasteiger partial charge on any atom is 0.261 e. The first kappa shape index (κ1) is 19.7. The minimum absolute atomic E-state index is 0.245. The molecule has 0 spiro atoms. The van der Waals surface area contributed by atoms with Gasteiger partial charge in [-0.2, -0.15) is 0 Å². The van der Waals surface area contributed by atoms with Crippen LogP contribution in [0.3, 0.4) is 0 Å². The largest absolute Gasteiger partial charge is 0.494 e. The van der Waals surface area contributed by atoms with Crippen molar-refractivity contribution < 1.29 is 13.2 Å². The summed E-state index contributed by atoms with van der Waals surface area (Å²) in [5, 5.41) is 0. The number of unbranched alkanes of at least 4 members (excludes halogenated alkanes) is 1. The van der Waals surface area contributed by atoms with Crippen LogP contribution < -0.4 is 9.46 Å². The fourth-order valence-corrected chi connectivity index (χ4v) is 3.72. The number of hydrogen-bond donors (Lipinski definition) is 1. The molecule has 0 aliphatic rings. The Morgan fingerprint density at radius 3 is 2.32 bits per heavy atom. The van der Waals surface area contributed by atoms with E-state index in [1.165, 1.54) is 0 Å². The summed E-state index contributed by atoms with van der Waals surface area (Å²) in [6, 6.07) is 25.4. The van der Waals surface area contributed by atoms with Crippen molar-refractivity contribution in [2.24, 2.45) is 0 Å². The van der Waals surface area contributed by atoms with Crippen molar-refractivity contribution in [3.63, 3.8) is 0 Å². The Labute approximate surface area is 166 Å². The molecule has 0 aliphatic carbocycles. The highest BCUT2D eigenvalue weighted by molar-refractivity contribution is 7.92. The SMILES string of the molecule is O=S(=O)(Nc1cccc(/C=C\CCCOc2ccccc2)c1)c1ccccc1. The monoisotopic (exact) mass is 393 g/mol. The molecule has 0 unspecified atom stereocenters. The first-order valence-electron chi connectivity index (χ1n) is 9.16. The van der Waals surface area contributed by atoms with Crippen molar-refractivity contribution in [1.29, 1.82) is 0 Å². The predicted octanol–water partition coefficient (Wildman–Crippen LogP) is 5.36. The van der Waals surface area contributed by atoms with E-state index in [-0.39, 0.29) is 4.90 Å². The average molecular weight is 394 g/mol. The molecule has 0 radical (unpaired) electrons. The molecule has 28 heavy (non-hydrogen) atoms. The second-order valence-electron chi connectivity index (χ2n) is 6.25. The fourth-order valence-electron chi connectivity index (χ4n) is 2.65. The Balaban J connectivity index is 1.51. The van der Waals surface area contributed by atoms with E-state index in [4.69, 9.17) is 4.74 Å². The highest BCUT2D eigenvalue weighted by Crippen LogP contribution is 2.18. The molecule has 0 bridgehead atoms. The Kier molecular flexibility index (Phi) is 6.87. The molecule has 3 rings (SSSR count). The second-order valence-corrected chi connectivity index (χ2v) is 7.93. The summed E-state index contributed by atoms with van der Waals surface area (Å²) in [6.07, 6.45) is 5.85. The molecule has 1 N–H and O–H groups in total. The minimum Gasteiger partial charge on any atom is -0.494 e. The van der Waals surface area contributed by atoms with Gasteiger partial charge >= 0.3 is 0 Å². The lowest BCUT2D eigenvalue weighted by molar-refractivity contribution is 0.312. The van der Waals surface area contributed by atoms with Crippen LogP contribution in [0, 0.1) is 0 Å². The van der Waals surface area contributed by atoms with Gasteiger partial charge in [-0.05, 0) is 54.8 Å². The molecule has 5 heteroatoms. The van der Waals surface area contributed by atoms with Crippen LogP contribution in [0.2, 0.25) is 0 Å². The number of para-hydroxylation sites is 1. The third kappa shape index (κ3) is 5.99. The third-order valence-electron chi connectivity index (χ3n) is 4.03. The van der Waals surface area contributed by atoms with Crippen molar-refractivity contribution in [3.8, 4) is 5.75 Å². The van der Waals surface area contributed by atoms with Gasteiger partial charge in [0, 0.05) is 5.69 Å². The zero-order chi connectivity index (χ0) is 19.7. The maximum absolute atomic E-state index is 12.4. The third-order valence-corrected chi connectivity index (χ3v) is 5.43. The van der Waals surface area contributed by atoms with Crippen molar-refractivity contribution in [2.45, 2.75) is 17.7 Å². The van der Waals surface area contributed by atoms with E-state index in [1.54, 1.807) is 36.4 Å². The number of rotatable bonds is 9. The van der Waals surface area contributed by atoms with Crippen LogP contribution in [0.4, 0.5) is 5.69 Å². The van der Waals surface area contributed by atoms with Gasteiger partial charge in [-0.3, -0.25) is 4.72 Å². The molecule has 0 aromatic heterocycles. The lowest BCUT2D eigenvalue weighted by atomic mass is 10.1. The zero-order valence-electron chi connectivity index (χ0n) is 15.5. The van der Waals surface area contributed by atoms with E-state index in [9.17, 15) is 8.42 Å². The Morgan fingerprint density at radius 1 is 0.857 bits per heavy atom. The van der Waals surface area contributed by atoms with Gasteiger partial charge in [-0.1, -0.05) is 60.7 Å². The summed E-state index contributed by atoms with van der Waals surface area (Å²) in [4.78, 5) is 0.245. The summed E-state index contributed by atoms with van der Waals surface area (Å²) in [7, 11) is -3.58. The highest BCUT2D eigenvalue weighted by Gasteiger charge is 2.13. The van der Waals surface area contributed by atoms with E-state index in [0.717, 1.165) is 24.2 Å².